The highest BCUT2D eigenvalue weighted by Gasteiger charge is 2.17. The zero-order valence-electron chi connectivity index (χ0n) is 10.6. The van der Waals surface area contributed by atoms with Gasteiger partial charge in [0, 0.05) is 0 Å². The number of imidazole rings is 1. The number of para-hydroxylation sites is 2. The van der Waals surface area contributed by atoms with Crippen LogP contribution in [0.5, 0.6) is 0 Å². The Labute approximate surface area is 115 Å². The molecule has 1 aromatic heterocycles. The van der Waals surface area contributed by atoms with E-state index in [-0.39, 0.29) is 0 Å². The van der Waals surface area contributed by atoms with Crippen LogP contribution in [-0.2, 0) is 4.79 Å². The number of benzene rings is 2. The molecule has 0 saturated carbocycles. The van der Waals surface area contributed by atoms with E-state index in [1.54, 1.807) is 24.3 Å². The van der Waals surface area contributed by atoms with Crippen molar-refractivity contribution < 1.29 is 9.90 Å². The monoisotopic (exact) mass is 267 g/mol. The molecule has 100 valence electrons. The average Bonchev–Trinajstić information content (AvgIpc) is 2.91. The Morgan fingerprint density at radius 1 is 1.10 bits per heavy atom. The first-order valence-corrected chi connectivity index (χ1v) is 6.21. The fourth-order valence-electron chi connectivity index (χ4n) is 2.01. The standard InChI is InChI=1S/C15H13N3O2/c19-14(11-6-2-1-3-7-11)15(20)17-18-10-16-12-8-4-5-9-13(12)18/h1-10,14,19H,(H,17,20). The van der Waals surface area contributed by atoms with Gasteiger partial charge in [-0.1, -0.05) is 42.5 Å². The molecule has 5 nitrogen and oxygen atoms in total. The maximum atomic E-state index is 12.0. The molecule has 2 aromatic carbocycles. The quantitative estimate of drug-likeness (QED) is 0.761. The van der Waals surface area contributed by atoms with Crippen LogP contribution < -0.4 is 5.43 Å². The Bertz CT molecular complexity index is 737. The maximum absolute atomic E-state index is 12.0. The molecular formula is C15H13N3O2. The molecule has 0 fully saturated rings. The van der Waals surface area contributed by atoms with E-state index in [4.69, 9.17) is 0 Å². The van der Waals surface area contributed by atoms with Gasteiger partial charge in [-0.25, -0.2) is 9.66 Å². The topological polar surface area (TPSA) is 67.2 Å². The number of rotatable bonds is 3. The van der Waals surface area contributed by atoms with Crippen molar-refractivity contribution in [2.75, 3.05) is 5.43 Å². The second kappa shape index (κ2) is 5.14. The van der Waals surface area contributed by atoms with Gasteiger partial charge in [-0.2, -0.15) is 0 Å². The van der Waals surface area contributed by atoms with Gasteiger partial charge in [0.25, 0.3) is 5.91 Å². The van der Waals surface area contributed by atoms with Crippen molar-refractivity contribution in [3.05, 3.63) is 66.5 Å². The Kier molecular flexibility index (Phi) is 3.18. The zero-order chi connectivity index (χ0) is 13.9. The van der Waals surface area contributed by atoms with E-state index in [1.807, 2.05) is 30.3 Å². The Balaban J connectivity index is 1.82. The number of carbonyl (C=O) groups excluding carboxylic acids is 1. The van der Waals surface area contributed by atoms with Crippen molar-refractivity contribution >= 4 is 16.9 Å². The molecule has 3 rings (SSSR count). The lowest BCUT2D eigenvalue weighted by molar-refractivity contribution is -0.125. The van der Waals surface area contributed by atoms with E-state index in [1.165, 1.54) is 11.0 Å². The van der Waals surface area contributed by atoms with E-state index in [0.717, 1.165) is 11.0 Å². The van der Waals surface area contributed by atoms with E-state index in [0.29, 0.717) is 5.56 Å². The van der Waals surface area contributed by atoms with Crippen molar-refractivity contribution in [3.8, 4) is 0 Å². The smallest absolute Gasteiger partial charge is 0.272 e. The zero-order valence-corrected chi connectivity index (χ0v) is 10.6. The Hall–Kier alpha value is -2.66. The van der Waals surface area contributed by atoms with E-state index < -0.39 is 12.0 Å². The average molecular weight is 267 g/mol. The van der Waals surface area contributed by atoms with Gasteiger partial charge in [0.2, 0.25) is 0 Å². The molecule has 0 radical (unpaired) electrons. The van der Waals surface area contributed by atoms with Gasteiger partial charge in [0.1, 0.15) is 6.33 Å². The maximum Gasteiger partial charge on any atom is 0.272 e. The Morgan fingerprint density at radius 3 is 2.60 bits per heavy atom. The first-order valence-electron chi connectivity index (χ1n) is 6.21. The lowest BCUT2D eigenvalue weighted by Gasteiger charge is -2.12. The van der Waals surface area contributed by atoms with Crippen LogP contribution in [-0.4, -0.2) is 20.7 Å². The van der Waals surface area contributed by atoms with Gasteiger partial charge in [-0.15, -0.1) is 0 Å². The minimum absolute atomic E-state index is 0.501. The largest absolute Gasteiger partial charge is 0.378 e. The number of fused-ring (bicyclic) bond motifs is 1. The minimum atomic E-state index is -1.21. The van der Waals surface area contributed by atoms with Gasteiger partial charge in [-0.3, -0.25) is 10.2 Å². The summed E-state index contributed by atoms with van der Waals surface area (Å²) in [7, 11) is 0. The fourth-order valence-corrected chi connectivity index (χ4v) is 2.01. The molecule has 20 heavy (non-hydrogen) atoms. The summed E-state index contributed by atoms with van der Waals surface area (Å²) >= 11 is 0. The van der Waals surface area contributed by atoms with Gasteiger partial charge in [0.05, 0.1) is 11.0 Å². The number of carbonyl (C=O) groups is 1. The van der Waals surface area contributed by atoms with Crippen LogP contribution in [0.25, 0.3) is 11.0 Å². The second-order valence-corrected chi connectivity index (χ2v) is 4.39. The number of nitrogens with zero attached hydrogens (tertiary/aromatic N) is 2. The first kappa shape index (κ1) is 12.4. The van der Waals surface area contributed by atoms with Crippen LogP contribution in [0.15, 0.2) is 60.9 Å². The Morgan fingerprint density at radius 2 is 1.80 bits per heavy atom. The highest BCUT2D eigenvalue weighted by atomic mass is 16.3. The number of aliphatic hydroxyl groups is 1. The number of nitrogens with one attached hydrogen (secondary N) is 1. The molecule has 3 aromatic rings. The molecule has 2 N–H and O–H groups in total. The van der Waals surface area contributed by atoms with Crippen molar-refractivity contribution in [1.82, 2.24) is 9.66 Å². The lowest BCUT2D eigenvalue weighted by Crippen LogP contribution is -2.27. The number of amides is 1. The third kappa shape index (κ3) is 2.26. The summed E-state index contributed by atoms with van der Waals surface area (Å²) in [6.07, 6.45) is 0.303. The third-order valence-corrected chi connectivity index (χ3v) is 3.05. The summed E-state index contributed by atoms with van der Waals surface area (Å²) in [5.41, 5.74) is 4.74. The van der Waals surface area contributed by atoms with Crippen LogP contribution in [0.4, 0.5) is 0 Å². The van der Waals surface area contributed by atoms with Gasteiger partial charge < -0.3 is 5.11 Å². The summed E-state index contributed by atoms with van der Waals surface area (Å²) in [6.45, 7) is 0. The van der Waals surface area contributed by atoms with E-state index in [2.05, 4.69) is 10.4 Å². The highest BCUT2D eigenvalue weighted by molar-refractivity contribution is 5.90. The van der Waals surface area contributed by atoms with Crippen molar-refractivity contribution in [3.63, 3.8) is 0 Å². The molecule has 0 aliphatic heterocycles. The molecule has 0 saturated heterocycles. The molecule has 1 unspecified atom stereocenters. The lowest BCUT2D eigenvalue weighted by atomic mass is 10.1. The SMILES string of the molecule is O=C(Nn1cnc2ccccc21)C(O)c1ccccc1. The van der Waals surface area contributed by atoms with Crippen molar-refractivity contribution in [2.24, 2.45) is 0 Å². The van der Waals surface area contributed by atoms with Crippen LogP contribution in [0, 0.1) is 0 Å². The predicted octanol–water partition coefficient (Wildman–Crippen LogP) is 1.84. The summed E-state index contributed by atoms with van der Waals surface area (Å²) < 4.78 is 1.50. The number of hydrogen-bond acceptors (Lipinski definition) is 3. The van der Waals surface area contributed by atoms with Crippen LogP contribution in [0.1, 0.15) is 11.7 Å². The second-order valence-electron chi connectivity index (χ2n) is 4.39. The molecule has 0 aliphatic rings. The molecule has 1 heterocycles. The number of hydrogen-bond donors (Lipinski definition) is 2. The summed E-state index contributed by atoms with van der Waals surface area (Å²) in [5, 5.41) is 10.0. The van der Waals surface area contributed by atoms with E-state index >= 15 is 0 Å². The normalized spacial score (nSPS) is 12.2. The molecular weight excluding hydrogens is 254 g/mol. The van der Waals surface area contributed by atoms with Gasteiger partial charge >= 0.3 is 0 Å². The summed E-state index contributed by atoms with van der Waals surface area (Å²) in [5.74, 6) is -0.501. The van der Waals surface area contributed by atoms with Gasteiger partial charge in [-0.05, 0) is 17.7 Å². The summed E-state index contributed by atoms with van der Waals surface area (Å²) in [6, 6.07) is 16.2. The molecule has 0 spiro atoms. The number of aromatic nitrogens is 2. The number of aliphatic hydroxyl groups excluding tert-OH is 1. The molecule has 0 bridgehead atoms. The molecule has 1 atom stereocenters. The first-order chi connectivity index (χ1) is 9.75. The third-order valence-electron chi connectivity index (χ3n) is 3.05. The van der Waals surface area contributed by atoms with Crippen LogP contribution >= 0.6 is 0 Å². The predicted molar refractivity (Wildman–Crippen MR) is 75.5 cm³/mol. The van der Waals surface area contributed by atoms with Gasteiger partial charge in [0.15, 0.2) is 6.10 Å². The van der Waals surface area contributed by atoms with Crippen molar-refractivity contribution in [2.45, 2.75) is 6.10 Å². The molecule has 1 amide bonds. The van der Waals surface area contributed by atoms with Crippen LogP contribution in [0.2, 0.25) is 0 Å². The minimum Gasteiger partial charge on any atom is -0.378 e. The highest BCUT2D eigenvalue weighted by Crippen LogP contribution is 2.14. The molecule has 0 aliphatic carbocycles. The van der Waals surface area contributed by atoms with Crippen molar-refractivity contribution in [1.29, 1.82) is 0 Å². The molecule has 5 heteroatoms. The fraction of sp³-hybridized carbons (Fsp3) is 0.0667. The van der Waals surface area contributed by atoms with Crippen LogP contribution in [0.3, 0.4) is 0 Å². The van der Waals surface area contributed by atoms with E-state index in [9.17, 15) is 9.90 Å². The summed E-state index contributed by atoms with van der Waals surface area (Å²) in [4.78, 5) is 16.2.